The van der Waals surface area contributed by atoms with Crippen LogP contribution >= 0.6 is 0 Å². The number of benzene rings is 1. The molecule has 0 atom stereocenters. The number of hydrogen-bond donors (Lipinski definition) is 0. The van der Waals surface area contributed by atoms with Gasteiger partial charge in [0, 0.05) is 12.6 Å². The Labute approximate surface area is 99.0 Å². The van der Waals surface area contributed by atoms with E-state index in [0.717, 1.165) is 4.90 Å². The first-order chi connectivity index (χ1) is 8.07. The molecule has 5 heteroatoms. The van der Waals surface area contributed by atoms with Crippen molar-refractivity contribution in [2.75, 3.05) is 13.7 Å². The summed E-state index contributed by atoms with van der Waals surface area (Å²) in [4.78, 5) is 35.2. The summed E-state index contributed by atoms with van der Waals surface area (Å²) in [5, 5.41) is 0. The molecule has 0 bridgehead atoms. The van der Waals surface area contributed by atoms with Crippen molar-refractivity contribution in [3.05, 3.63) is 35.9 Å². The van der Waals surface area contributed by atoms with Crippen LogP contribution in [-0.2, 0) is 14.3 Å². The van der Waals surface area contributed by atoms with Crippen LogP contribution < -0.4 is 0 Å². The van der Waals surface area contributed by atoms with E-state index >= 15 is 0 Å². The first kappa shape index (κ1) is 12.9. The maximum Gasteiger partial charge on any atom is 0.397 e. The summed E-state index contributed by atoms with van der Waals surface area (Å²) in [5.41, 5.74) is 0.340. The van der Waals surface area contributed by atoms with Gasteiger partial charge in [0.2, 0.25) is 0 Å². The normalized spacial score (nSPS) is 9.53. The van der Waals surface area contributed by atoms with E-state index in [0.29, 0.717) is 5.56 Å². The highest BCUT2D eigenvalue weighted by atomic mass is 16.5. The molecule has 2 amide bonds. The maximum absolute atomic E-state index is 11.8. The van der Waals surface area contributed by atoms with Crippen LogP contribution in [0.1, 0.15) is 17.3 Å². The maximum atomic E-state index is 11.8. The Morgan fingerprint density at radius 1 is 1.18 bits per heavy atom. The van der Waals surface area contributed by atoms with Crippen LogP contribution in [0.25, 0.3) is 0 Å². The number of amides is 2. The van der Waals surface area contributed by atoms with Gasteiger partial charge in [-0.15, -0.1) is 0 Å². The van der Waals surface area contributed by atoms with E-state index in [9.17, 15) is 14.4 Å². The molecule has 0 radical (unpaired) electrons. The van der Waals surface area contributed by atoms with Crippen LogP contribution in [0.15, 0.2) is 30.3 Å². The van der Waals surface area contributed by atoms with Crippen molar-refractivity contribution in [2.24, 2.45) is 0 Å². The Balaban J connectivity index is 2.77. The molecule has 0 spiro atoms. The molecule has 5 nitrogen and oxygen atoms in total. The second kappa shape index (κ2) is 5.79. The highest BCUT2D eigenvalue weighted by molar-refractivity contribution is 6.36. The van der Waals surface area contributed by atoms with E-state index < -0.39 is 17.8 Å². The van der Waals surface area contributed by atoms with Gasteiger partial charge < -0.3 is 4.74 Å². The van der Waals surface area contributed by atoms with Gasteiger partial charge >= 0.3 is 11.9 Å². The molecule has 0 aliphatic heterocycles. The van der Waals surface area contributed by atoms with E-state index in [2.05, 4.69) is 4.74 Å². The van der Waals surface area contributed by atoms with Gasteiger partial charge in [0.05, 0.1) is 6.61 Å². The molecule has 0 aromatic heterocycles. The number of hydrogen-bond acceptors (Lipinski definition) is 4. The fourth-order valence-corrected chi connectivity index (χ4v) is 1.20. The standard InChI is InChI=1S/C12H13NO4/c1-3-17-12(16)11(15)13(2)10(14)9-7-5-4-6-8-9/h4-8H,3H2,1-2H3. The van der Waals surface area contributed by atoms with Gasteiger partial charge in [-0.25, -0.2) is 4.79 Å². The molecule has 0 saturated heterocycles. The minimum atomic E-state index is -1.03. The van der Waals surface area contributed by atoms with Crippen molar-refractivity contribution in [3.63, 3.8) is 0 Å². The lowest BCUT2D eigenvalue weighted by atomic mass is 10.2. The average molecular weight is 235 g/mol. The number of imide groups is 1. The molecule has 1 aromatic carbocycles. The molecule has 1 rings (SSSR count). The third-order valence-corrected chi connectivity index (χ3v) is 2.08. The lowest BCUT2D eigenvalue weighted by molar-refractivity contribution is -0.157. The van der Waals surface area contributed by atoms with Crippen molar-refractivity contribution in [2.45, 2.75) is 6.92 Å². The molecule has 0 fully saturated rings. The molecule has 0 heterocycles. The second-order valence-electron chi connectivity index (χ2n) is 3.26. The summed E-state index contributed by atoms with van der Waals surface area (Å²) in [5.74, 6) is -2.54. The first-order valence-electron chi connectivity index (χ1n) is 5.12. The van der Waals surface area contributed by atoms with Crippen LogP contribution in [0, 0.1) is 0 Å². The predicted molar refractivity (Wildman–Crippen MR) is 60.2 cm³/mol. The van der Waals surface area contributed by atoms with E-state index in [1.807, 2.05) is 0 Å². The molecule has 17 heavy (non-hydrogen) atoms. The molecule has 1 aromatic rings. The quantitative estimate of drug-likeness (QED) is 0.563. The molecular formula is C12H13NO4. The molecule has 0 saturated carbocycles. The van der Waals surface area contributed by atoms with Crippen LogP contribution in [0.4, 0.5) is 0 Å². The highest BCUT2D eigenvalue weighted by Gasteiger charge is 2.25. The van der Waals surface area contributed by atoms with Gasteiger partial charge in [-0.3, -0.25) is 14.5 Å². The number of rotatable bonds is 2. The number of likely N-dealkylation sites (N-methyl/N-ethyl adjacent to an activating group) is 1. The number of nitrogens with zero attached hydrogens (tertiary/aromatic N) is 1. The summed E-state index contributed by atoms with van der Waals surface area (Å²) >= 11 is 0. The van der Waals surface area contributed by atoms with E-state index in [4.69, 9.17) is 0 Å². The Morgan fingerprint density at radius 2 is 1.76 bits per heavy atom. The van der Waals surface area contributed by atoms with Gasteiger partial charge in [0.25, 0.3) is 5.91 Å². The molecule has 0 unspecified atom stereocenters. The minimum Gasteiger partial charge on any atom is -0.459 e. The zero-order chi connectivity index (χ0) is 12.8. The Kier molecular flexibility index (Phi) is 4.39. The molecular weight excluding hydrogens is 222 g/mol. The summed E-state index contributed by atoms with van der Waals surface area (Å²) in [6, 6.07) is 8.24. The summed E-state index contributed by atoms with van der Waals surface area (Å²) in [6.07, 6.45) is 0. The van der Waals surface area contributed by atoms with Crippen molar-refractivity contribution in [1.29, 1.82) is 0 Å². The smallest absolute Gasteiger partial charge is 0.397 e. The molecule has 0 aliphatic carbocycles. The van der Waals surface area contributed by atoms with Crippen LogP contribution in [-0.4, -0.2) is 36.3 Å². The van der Waals surface area contributed by atoms with E-state index in [1.165, 1.54) is 7.05 Å². The summed E-state index contributed by atoms with van der Waals surface area (Å²) < 4.78 is 4.53. The van der Waals surface area contributed by atoms with Crippen LogP contribution in [0.2, 0.25) is 0 Å². The lowest BCUT2D eigenvalue weighted by Crippen LogP contribution is -2.39. The van der Waals surface area contributed by atoms with Crippen molar-refractivity contribution < 1.29 is 19.1 Å². The van der Waals surface area contributed by atoms with Gasteiger partial charge in [0.1, 0.15) is 0 Å². The number of ether oxygens (including phenoxy) is 1. The van der Waals surface area contributed by atoms with E-state index in [1.54, 1.807) is 37.3 Å². The second-order valence-corrected chi connectivity index (χ2v) is 3.26. The van der Waals surface area contributed by atoms with E-state index in [-0.39, 0.29) is 6.61 Å². The van der Waals surface area contributed by atoms with Crippen LogP contribution in [0.5, 0.6) is 0 Å². The Hall–Kier alpha value is -2.17. The number of carbonyl (C=O) groups excluding carboxylic acids is 3. The topological polar surface area (TPSA) is 63.7 Å². The highest BCUT2D eigenvalue weighted by Crippen LogP contribution is 2.03. The SMILES string of the molecule is CCOC(=O)C(=O)N(C)C(=O)c1ccccc1. The minimum absolute atomic E-state index is 0.0952. The number of carbonyl (C=O) groups is 3. The lowest BCUT2D eigenvalue weighted by Gasteiger charge is -2.13. The average Bonchev–Trinajstić information content (AvgIpc) is 2.37. The molecule has 90 valence electrons. The van der Waals surface area contributed by atoms with Crippen molar-refractivity contribution in [1.82, 2.24) is 4.90 Å². The zero-order valence-electron chi connectivity index (χ0n) is 9.67. The Bertz CT molecular complexity index is 427. The van der Waals surface area contributed by atoms with Gasteiger partial charge in [0.15, 0.2) is 0 Å². The predicted octanol–water partition coefficient (Wildman–Crippen LogP) is 0.848. The fraction of sp³-hybridized carbons (Fsp3) is 0.250. The summed E-state index contributed by atoms with van der Waals surface area (Å²) in [7, 11) is 1.24. The van der Waals surface area contributed by atoms with Gasteiger partial charge in [-0.2, -0.15) is 0 Å². The third kappa shape index (κ3) is 3.14. The first-order valence-corrected chi connectivity index (χ1v) is 5.12. The largest absolute Gasteiger partial charge is 0.459 e. The third-order valence-electron chi connectivity index (χ3n) is 2.08. The monoisotopic (exact) mass is 235 g/mol. The summed E-state index contributed by atoms with van der Waals surface area (Å²) in [6.45, 7) is 1.68. The Morgan fingerprint density at radius 3 is 2.29 bits per heavy atom. The van der Waals surface area contributed by atoms with Crippen LogP contribution in [0.3, 0.4) is 0 Å². The zero-order valence-corrected chi connectivity index (χ0v) is 9.67. The van der Waals surface area contributed by atoms with Gasteiger partial charge in [-0.05, 0) is 19.1 Å². The fourth-order valence-electron chi connectivity index (χ4n) is 1.20. The molecule has 0 aliphatic rings. The van der Waals surface area contributed by atoms with Gasteiger partial charge in [-0.1, -0.05) is 18.2 Å². The van der Waals surface area contributed by atoms with Crippen molar-refractivity contribution in [3.8, 4) is 0 Å². The van der Waals surface area contributed by atoms with Crippen molar-refractivity contribution >= 4 is 17.8 Å². The molecule has 0 N–H and O–H groups in total. The number of esters is 1.